The number of para-hydroxylation sites is 1. The van der Waals surface area contributed by atoms with Gasteiger partial charge in [0.25, 0.3) is 5.91 Å². The van der Waals surface area contributed by atoms with Gasteiger partial charge in [-0.2, -0.15) is 5.10 Å². The molecule has 1 aromatic heterocycles. The lowest BCUT2D eigenvalue weighted by molar-refractivity contribution is -0.120. The van der Waals surface area contributed by atoms with E-state index in [1.54, 1.807) is 42.5 Å². The summed E-state index contributed by atoms with van der Waals surface area (Å²) in [5, 5.41) is 24.5. The van der Waals surface area contributed by atoms with Crippen LogP contribution in [-0.4, -0.2) is 33.3 Å². The Bertz CT molecular complexity index is 972. The number of anilines is 1. The number of aromatic hydroxyl groups is 1. The lowest BCUT2D eigenvalue weighted by atomic mass is 10.2. The Kier molecular flexibility index (Phi) is 5.85. The van der Waals surface area contributed by atoms with Crippen LogP contribution in [0.5, 0.6) is 5.75 Å². The lowest BCUT2D eigenvalue weighted by Gasteiger charge is -2.00. The number of carbonyl (C=O) groups is 2. The molecular weight excluding hydrogens is 366 g/mol. The summed E-state index contributed by atoms with van der Waals surface area (Å²) in [6, 6.07) is 15.3. The number of hydrogen-bond donors (Lipinski definition) is 3. The SMILES string of the molecule is O=C(Cc1nnc(NC(=O)c2ccccc2)s1)N/N=C\c1ccccc1O. The minimum absolute atomic E-state index is 0.0308. The van der Waals surface area contributed by atoms with E-state index >= 15 is 0 Å². The highest BCUT2D eigenvalue weighted by Gasteiger charge is 2.12. The van der Waals surface area contributed by atoms with Gasteiger partial charge in [-0.3, -0.25) is 14.9 Å². The fourth-order valence-electron chi connectivity index (χ4n) is 2.08. The highest BCUT2D eigenvalue weighted by atomic mass is 32.1. The molecule has 1 heterocycles. The number of benzene rings is 2. The van der Waals surface area contributed by atoms with E-state index in [1.165, 1.54) is 12.3 Å². The van der Waals surface area contributed by atoms with Crippen molar-refractivity contribution in [2.75, 3.05) is 5.32 Å². The lowest BCUT2D eigenvalue weighted by Crippen LogP contribution is -2.19. The van der Waals surface area contributed by atoms with Crippen molar-refractivity contribution in [3.05, 3.63) is 70.7 Å². The molecule has 0 spiro atoms. The molecule has 8 nitrogen and oxygen atoms in total. The highest BCUT2D eigenvalue weighted by Crippen LogP contribution is 2.17. The van der Waals surface area contributed by atoms with Crippen molar-refractivity contribution in [1.82, 2.24) is 15.6 Å². The van der Waals surface area contributed by atoms with Crippen LogP contribution in [0.4, 0.5) is 5.13 Å². The van der Waals surface area contributed by atoms with Gasteiger partial charge in [-0.05, 0) is 24.3 Å². The first kappa shape index (κ1) is 18.2. The molecule has 0 aliphatic carbocycles. The van der Waals surface area contributed by atoms with Crippen LogP contribution in [-0.2, 0) is 11.2 Å². The van der Waals surface area contributed by atoms with E-state index in [0.29, 0.717) is 21.3 Å². The van der Waals surface area contributed by atoms with E-state index in [9.17, 15) is 14.7 Å². The molecule has 0 unspecified atom stereocenters. The Morgan fingerprint density at radius 3 is 2.59 bits per heavy atom. The number of nitrogens with one attached hydrogen (secondary N) is 2. The molecule has 0 atom stereocenters. The molecule has 0 saturated heterocycles. The van der Waals surface area contributed by atoms with E-state index in [1.807, 2.05) is 6.07 Å². The van der Waals surface area contributed by atoms with Gasteiger partial charge in [-0.1, -0.05) is 41.7 Å². The van der Waals surface area contributed by atoms with Crippen molar-refractivity contribution in [2.24, 2.45) is 5.10 Å². The summed E-state index contributed by atoms with van der Waals surface area (Å²) >= 11 is 1.11. The highest BCUT2D eigenvalue weighted by molar-refractivity contribution is 7.15. The van der Waals surface area contributed by atoms with Crippen molar-refractivity contribution in [2.45, 2.75) is 6.42 Å². The molecule has 3 rings (SSSR count). The zero-order valence-electron chi connectivity index (χ0n) is 14.0. The van der Waals surface area contributed by atoms with Crippen LogP contribution in [0.1, 0.15) is 20.9 Å². The first-order valence-electron chi connectivity index (χ1n) is 7.90. The summed E-state index contributed by atoms with van der Waals surface area (Å²) in [6.45, 7) is 0. The topological polar surface area (TPSA) is 117 Å². The standard InChI is InChI=1S/C18H15N5O3S/c24-14-9-5-4-8-13(14)11-19-21-15(25)10-16-22-23-18(27-16)20-17(26)12-6-2-1-3-7-12/h1-9,11,24H,10H2,(H,21,25)(H,20,23,26)/b19-11-. The average Bonchev–Trinajstić information content (AvgIpc) is 3.10. The number of nitrogens with zero attached hydrogens (tertiary/aromatic N) is 3. The monoisotopic (exact) mass is 381 g/mol. The van der Waals surface area contributed by atoms with Crippen molar-refractivity contribution in [1.29, 1.82) is 0 Å². The fraction of sp³-hybridized carbons (Fsp3) is 0.0556. The Balaban J connectivity index is 1.52. The minimum atomic E-state index is -0.390. The van der Waals surface area contributed by atoms with Gasteiger partial charge in [-0.25, -0.2) is 5.43 Å². The molecule has 0 radical (unpaired) electrons. The van der Waals surface area contributed by atoms with Crippen LogP contribution in [0, 0.1) is 0 Å². The molecule has 0 saturated carbocycles. The predicted octanol–water partition coefficient (Wildman–Crippen LogP) is 2.19. The molecule has 0 fully saturated rings. The molecule has 0 aliphatic rings. The van der Waals surface area contributed by atoms with Crippen molar-refractivity contribution >= 4 is 34.5 Å². The average molecular weight is 381 g/mol. The second kappa shape index (κ2) is 8.68. The number of hydrogen-bond acceptors (Lipinski definition) is 7. The summed E-state index contributed by atoms with van der Waals surface area (Å²) < 4.78 is 0. The van der Waals surface area contributed by atoms with Gasteiger partial charge in [0.2, 0.25) is 11.0 Å². The van der Waals surface area contributed by atoms with Gasteiger partial charge in [-0.15, -0.1) is 10.2 Å². The number of amides is 2. The normalized spacial score (nSPS) is 10.7. The zero-order valence-corrected chi connectivity index (χ0v) is 14.8. The van der Waals surface area contributed by atoms with Crippen molar-refractivity contribution in [3.8, 4) is 5.75 Å². The molecule has 136 valence electrons. The molecule has 0 bridgehead atoms. The predicted molar refractivity (Wildman–Crippen MR) is 102 cm³/mol. The van der Waals surface area contributed by atoms with E-state index in [2.05, 4.69) is 26.0 Å². The first-order chi connectivity index (χ1) is 13.1. The second-order valence-corrected chi connectivity index (χ2v) is 6.41. The Hall–Kier alpha value is -3.59. The van der Waals surface area contributed by atoms with Crippen LogP contribution in [0.15, 0.2) is 59.7 Å². The van der Waals surface area contributed by atoms with Gasteiger partial charge in [0.15, 0.2) is 0 Å². The summed E-state index contributed by atoms with van der Waals surface area (Å²) in [5.41, 5.74) is 3.34. The van der Waals surface area contributed by atoms with Crippen LogP contribution < -0.4 is 10.7 Å². The number of phenolic OH excluding ortho intramolecular Hbond substituents is 1. The van der Waals surface area contributed by atoms with Crippen molar-refractivity contribution in [3.63, 3.8) is 0 Å². The third-order valence-corrected chi connectivity index (χ3v) is 4.20. The van der Waals surface area contributed by atoms with Crippen molar-refractivity contribution < 1.29 is 14.7 Å². The molecule has 27 heavy (non-hydrogen) atoms. The molecule has 2 amide bonds. The first-order valence-corrected chi connectivity index (χ1v) is 8.72. The summed E-state index contributed by atoms with van der Waals surface area (Å²) in [7, 11) is 0. The van der Waals surface area contributed by atoms with E-state index in [0.717, 1.165) is 11.3 Å². The van der Waals surface area contributed by atoms with E-state index < -0.39 is 5.91 Å². The van der Waals surface area contributed by atoms with Crippen LogP contribution in [0.25, 0.3) is 0 Å². The van der Waals surface area contributed by atoms with Gasteiger partial charge in [0, 0.05) is 11.1 Å². The van der Waals surface area contributed by atoms with Crippen LogP contribution >= 0.6 is 11.3 Å². The second-order valence-electron chi connectivity index (χ2n) is 5.35. The number of hydrazone groups is 1. The Morgan fingerprint density at radius 2 is 1.81 bits per heavy atom. The summed E-state index contributed by atoms with van der Waals surface area (Å²) in [6.07, 6.45) is 1.32. The maximum Gasteiger partial charge on any atom is 0.257 e. The van der Waals surface area contributed by atoms with E-state index in [-0.39, 0.29) is 18.1 Å². The van der Waals surface area contributed by atoms with Gasteiger partial charge < -0.3 is 5.11 Å². The number of aromatic nitrogens is 2. The van der Waals surface area contributed by atoms with Crippen LogP contribution in [0.2, 0.25) is 0 Å². The molecule has 2 aromatic carbocycles. The molecule has 3 N–H and O–H groups in total. The maximum atomic E-state index is 12.1. The number of rotatable bonds is 6. The van der Waals surface area contributed by atoms with E-state index in [4.69, 9.17) is 0 Å². The van der Waals surface area contributed by atoms with Gasteiger partial charge in [0.05, 0.1) is 12.6 Å². The van der Waals surface area contributed by atoms with Gasteiger partial charge >= 0.3 is 0 Å². The largest absolute Gasteiger partial charge is 0.507 e. The molecule has 9 heteroatoms. The number of carbonyl (C=O) groups excluding carboxylic acids is 2. The molecule has 0 aliphatic heterocycles. The maximum absolute atomic E-state index is 12.1. The third-order valence-electron chi connectivity index (χ3n) is 3.36. The smallest absolute Gasteiger partial charge is 0.257 e. The fourth-order valence-corrected chi connectivity index (χ4v) is 2.82. The third kappa shape index (κ3) is 5.19. The Labute approximate surface area is 158 Å². The number of phenols is 1. The Morgan fingerprint density at radius 1 is 1.07 bits per heavy atom. The van der Waals surface area contributed by atoms with Gasteiger partial charge in [0.1, 0.15) is 10.8 Å². The zero-order chi connectivity index (χ0) is 19.1. The summed E-state index contributed by atoms with van der Waals surface area (Å²) in [4.78, 5) is 24.0. The summed E-state index contributed by atoms with van der Waals surface area (Å²) in [5.74, 6) is -0.618. The molecular formula is C18H15N5O3S. The van der Waals surface area contributed by atoms with Crippen LogP contribution in [0.3, 0.4) is 0 Å². The minimum Gasteiger partial charge on any atom is -0.507 e. The quantitative estimate of drug-likeness (QED) is 0.447. The molecule has 3 aromatic rings.